The van der Waals surface area contributed by atoms with Crippen molar-refractivity contribution in [1.82, 2.24) is 95.0 Å². The van der Waals surface area contributed by atoms with Crippen LogP contribution < -0.4 is 114 Å². The summed E-state index contributed by atoms with van der Waals surface area (Å²) in [5.41, 5.74) is 30.9. The van der Waals surface area contributed by atoms with Crippen LogP contribution in [0.3, 0.4) is 0 Å². The Kier molecular flexibility index (Phi) is 55.2. The molecule has 14 amide bonds. The second-order valence-corrected chi connectivity index (χ2v) is 40.3. The van der Waals surface area contributed by atoms with Crippen molar-refractivity contribution >= 4 is 135 Å². The molecule has 0 radical (unpaired) electrons. The Morgan fingerprint density at radius 2 is 1.02 bits per heavy atom. The Bertz CT molecular complexity index is 4560. The molecule has 1 aromatic carbocycles. The van der Waals surface area contributed by atoms with Gasteiger partial charge in [0, 0.05) is 217 Å². The molecule has 1 aromatic heterocycles. The molecular weight excluding hydrogens is 1860 g/mol. The van der Waals surface area contributed by atoms with Gasteiger partial charge in [0.25, 0.3) is 0 Å². The number of benzene rings is 1. The maximum absolute atomic E-state index is 14.7. The lowest BCUT2D eigenvalue weighted by Crippen LogP contribution is -2.67. The van der Waals surface area contributed by atoms with Gasteiger partial charge in [-0.05, 0) is 111 Å². The number of unbranched alkanes of at least 4 members (excludes halogenated alkanes) is 1. The molecule has 4 saturated heterocycles. The van der Waals surface area contributed by atoms with Crippen molar-refractivity contribution in [1.29, 1.82) is 0 Å². The SMILES string of the molecule is CCC(=O)N[C@@H](Cc1cnc[nH]1)C(=O)C[C@@H](CC(C)C)C(=O)N[C@@H](CCSC)C(N)=O.CCC(=O)[C@@H](NC(=O)[C@H](C)CC(=O)[C@H](CC1=CCc2ccccc21)NC(=O)[C@H](CCC(N)=O)CC(=O)[C@H](CC(N)=O)NC(=O)CCC(=O)[C@H](CC(C)C)NC(=O)[C@H](CCCCNC(=O)CCCC(=O)NC12CNCCNCC(N)(CNCCNC1)CNCCNC2)CC(=O)[C@H](CCC(N)=O)NC(=O)[C@@H]1CCC(=O)N1)C(C)C. The van der Waals surface area contributed by atoms with E-state index in [2.05, 4.69) is 95.0 Å². The number of carbonyl (C=O) groups is 20. The van der Waals surface area contributed by atoms with Gasteiger partial charge in [-0.15, -0.1) is 0 Å². The number of Topliss-reactive ketones (excluding diaryl/α,β-unsaturated/α-hetero) is 6. The zero-order valence-corrected chi connectivity index (χ0v) is 85.9. The van der Waals surface area contributed by atoms with E-state index in [1.54, 1.807) is 59.5 Å². The minimum Gasteiger partial charge on any atom is -0.370 e. The van der Waals surface area contributed by atoms with E-state index in [0.29, 0.717) is 116 Å². The number of rotatable bonds is 62. The van der Waals surface area contributed by atoms with Gasteiger partial charge in [-0.3, -0.25) is 95.9 Å². The number of imidazole rings is 1. The third-order valence-corrected chi connectivity index (χ3v) is 26.2. The summed E-state index contributed by atoms with van der Waals surface area (Å²) in [6, 6.07) is -1.33. The molecule has 44 heteroatoms. The molecule has 143 heavy (non-hydrogen) atoms. The monoisotopic (exact) mass is 2020 g/mol. The highest BCUT2D eigenvalue weighted by molar-refractivity contribution is 7.98. The van der Waals surface area contributed by atoms with Gasteiger partial charge in [0.1, 0.15) is 12.1 Å². The maximum atomic E-state index is 14.7. The first-order chi connectivity index (χ1) is 67.9. The number of fused-ring (bicyclic) bond motifs is 16. The molecule has 4 fully saturated rings. The number of hydrogen-bond acceptors (Lipinski definition) is 29. The molecule has 0 saturated carbocycles. The minimum absolute atomic E-state index is 0.0147. The van der Waals surface area contributed by atoms with E-state index in [4.69, 9.17) is 28.7 Å². The van der Waals surface area contributed by atoms with Crippen LogP contribution in [0.5, 0.6) is 0 Å². The predicted molar refractivity (Wildman–Crippen MR) is 540 cm³/mol. The number of thioether (sulfide) groups is 1. The molecule has 5 heterocycles. The number of primary amides is 4. The lowest BCUT2D eigenvalue weighted by atomic mass is 9.88. The van der Waals surface area contributed by atoms with Crippen LogP contribution in [0.25, 0.3) is 5.57 Å². The van der Waals surface area contributed by atoms with E-state index in [1.165, 1.54) is 13.3 Å². The van der Waals surface area contributed by atoms with Gasteiger partial charge in [-0.2, -0.15) is 11.8 Å². The Hall–Kier alpha value is -11.2. The number of carbonyl (C=O) groups excluding carboxylic acids is 20. The highest BCUT2D eigenvalue weighted by Gasteiger charge is 2.40. The van der Waals surface area contributed by atoms with Crippen molar-refractivity contribution < 1.29 is 95.9 Å². The zero-order valence-electron chi connectivity index (χ0n) is 85.1. The van der Waals surface area contributed by atoms with Crippen LogP contribution in [0, 0.1) is 41.4 Å². The summed E-state index contributed by atoms with van der Waals surface area (Å²) in [6.45, 7) is 23.2. The average molecular weight is 2030 g/mol. The third kappa shape index (κ3) is 46.6. The molecule has 1 aliphatic carbocycles. The summed E-state index contributed by atoms with van der Waals surface area (Å²) in [5, 5.41) is 48.3. The number of aromatic nitrogens is 2. The molecule has 0 spiro atoms. The molecule has 7 rings (SSSR count). The van der Waals surface area contributed by atoms with E-state index >= 15 is 0 Å². The summed E-state index contributed by atoms with van der Waals surface area (Å²) >= 11 is 1.56. The van der Waals surface area contributed by atoms with Gasteiger partial charge in [0.2, 0.25) is 82.7 Å². The Balaban J connectivity index is 0.000000985. The van der Waals surface area contributed by atoms with Crippen LogP contribution in [0.15, 0.2) is 42.9 Å². The minimum atomic E-state index is -1.66. The Morgan fingerprint density at radius 3 is 1.57 bits per heavy atom. The van der Waals surface area contributed by atoms with Crippen LogP contribution in [-0.2, 0) is 109 Å². The molecule has 0 unspecified atom stereocenters. The molecule has 4 aliphatic heterocycles. The first-order valence-corrected chi connectivity index (χ1v) is 51.8. The first-order valence-electron chi connectivity index (χ1n) is 50.4. The van der Waals surface area contributed by atoms with E-state index in [0.717, 1.165) is 16.7 Å². The van der Waals surface area contributed by atoms with Crippen molar-refractivity contribution in [3.63, 3.8) is 0 Å². The van der Waals surface area contributed by atoms with Crippen molar-refractivity contribution in [2.75, 3.05) is 97.1 Å². The van der Waals surface area contributed by atoms with Crippen molar-refractivity contribution in [2.24, 2.45) is 70.1 Å². The maximum Gasteiger partial charge on any atom is 0.243 e. The largest absolute Gasteiger partial charge is 0.370 e. The van der Waals surface area contributed by atoms with Gasteiger partial charge in [-0.1, -0.05) is 99.1 Å². The second-order valence-electron chi connectivity index (χ2n) is 39.3. The van der Waals surface area contributed by atoms with Crippen LogP contribution in [-0.4, -0.2) is 284 Å². The summed E-state index contributed by atoms with van der Waals surface area (Å²) in [4.78, 5) is 273. The Labute approximate surface area is 843 Å². The highest BCUT2D eigenvalue weighted by atomic mass is 32.2. The van der Waals surface area contributed by atoms with Gasteiger partial charge >= 0.3 is 0 Å². The van der Waals surface area contributed by atoms with Crippen LogP contribution in [0.4, 0.5) is 0 Å². The normalized spacial score (nSPS) is 19.0. The number of aromatic amines is 1. The number of amides is 14. The smallest absolute Gasteiger partial charge is 0.243 e. The van der Waals surface area contributed by atoms with Gasteiger partial charge in [-0.25, -0.2) is 4.98 Å². The summed E-state index contributed by atoms with van der Waals surface area (Å²) in [7, 11) is 0. The number of nitrogens with one attached hydrogen (secondary N) is 17. The zero-order chi connectivity index (χ0) is 106. The number of nitrogens with zero attached hydrogens (tertiary/aromatic N) is 1. The van der Waals surface area contributed by atoms with Crippen LogP contribution in [0.2, 0.25) is 0 Å². The topological polar surface area (TPSA) is 693 Å². The van der Waals surface area contributed by atoms with E-state index < -0.39 is 198 Å². The highest BCUT2D eigenvalue weighted by Crippen LogP contribution is 2.32. The molecule has 2 bridgehead atoms. The van der Waals surface area contributed by atoms with Gasteiger partial charge in [0.05, 0.1) is 60.1 Å². The fourth-order valence-corrected chi connectivity index (χ4v) is 17.9. The van der Waals surface area contributed by atoms with E-state index in [-0.39, 0.29) is 175 Å². The summed E-state index contributed by atoms with van der Waals surface area (Å²) < 4.78 is 0. The Morgan fingerprint density at radius 1 is 0.483 bits per heavy atom. The molecule has 27 N–H and O–H groups in total. The lowest BCUT2D eigenvalue weighted by Gasteiger charge is -2.37. The predicted octanol–water partition coefficient (Wildman–Crippen LogP) is -1.33. The van der Waals surface area contributed by atoms with Gasteiger partial charge < -0.3 is 119 Å². The fourth-order valence-electron chi connectivity index (χ4n) is 17.4. The summed E-state index contributed by atoms with van der Waals surface area (Å²) in [5.74, 6) is -15.4. The molecular formula is C99H161N23O20S. The standard InChI is InChI=1S/C78H126N18O16.C21H35N5O4S/c1-7-60(97)72(48(4)5)95-73(109)49(6)36-62(99)58(37-51-19-18-50-13-8-9-15-54(50)51)94-75(111)53(20-24-65(79)102)39-64(101)59(40-67(81)104)91-70(107)27-23-61(98)57(35-47(2)3)93-74(110)52(38-63(100)55(21-25-66(80)103)92-76(112)56-22-26-69(106)90-56)14-10-11-28-89-68(105)16-12-17-71(108)96-78-44-86-32-29-83-41-77(82,42-84-30-33-87-45-78)43-85-31-34-88-46-78;1-5-19(28)25-17(10-15-11-23-12-24-15)18(27)9-14(8-13(2)3)21(30)26-16(20(22)29)6-7-31-4/h8-9,13,15,19,47-49,52-53,55-59,72,83-88H,7,10-12,14,16-18,20-46,82H2,1-6H3,(H2,79,102)(H2,80,103)(H2,81,104)(H,89,105)(H,90,106)(H,91,107)(H,92,112)(H,93,110)(H,94,111)(H,95,109)(H,96,108);11-14,16-17H,5-10H2,1-4H3,(H2,22,29)(H,23,24)(H,25,28)(H,26,30)/t49-,52-,53-,55+,56+,57+,58+,59+,72+,77?,78?;14-,16+,17+/m11/s1. The van der Waals surface area contributed by atoms with Crippen LogP contribution >= 0.6 is 11.8 Å². The number of ketones is 6. The van der Waals surface area contributed by atoms with Gasteiger partial charge in [0.15, 0.2) is 34.7 Å². The average Bonchev–Trinajstić information content (AvgIpc) is 1.71. The molecule has 5 aliphatic rings. The number of H-pyrrole nitrogens is 1. The van der Waals surface area contributed by atoms with E-state index in [9.17, 15) is 95.9 Å². The third-order valence-electron chi connectivity index (χ3n) is 25.5. The number of hydrogen-bond donors (Lipinski definition) is 22. The molecule has 43 nitrogen and oxygen atoms in total. The van der Waals surface area contributed by atoms with Crippen molar-refractivity contribution in [2.45, 2.75) is 295 Å². The van der Waals surface area contributed by atoms with Crippen LogP contribution in [0.1, 0.15) is 240 Å². The molecule has 798 valence electrons. The van der Waals surface area contributed by atoms with Crippen molar-refractivity contribution in [3.8, 4) is 0 Å². The quantitative estimate of drug-likeness (QED) is 0.0341. The number of nitrogens with two attached hydrogens (primary N) is 5. The second kappa shape index (κ2) is 64.6. The molecule has 2 aromatic rings. The van der Waals surface area contributed by atoms with Crippen molar-refractivity contribution in [3.05, 3.63) is 59.7 Å². The summed E-state index contributed by atoms with van der Waals surface area (Å²) in [6.07, 6.45) is 5.44. The lowest BCUT2D eigenvalue weighted by molar-refractivity contribution is -0.136. The van der Waals surface area contributed by atoms with E-state index in [1.807, 2.05) is 50.4 Å². The fraction of sp³-hybridized carbons (Fsp3) is 0.687. The number of allylic oxidation sites excluding steroid dienone is 1. The molecule has 12 atom stereocenters. The first kappa shape index (κ1) is 122.